The first kappa shape index (κ1) is 18.9. The van der Waals surface area contributed by atoms with Crippen LogP contribution < -0.4 is 0 Å². The van der Waals surface area contributed by atoms with Crippen LogP contribution in [0.5, 0.6) is 0 Å². The molecule has 20 heavy (non-hydrogen) atoms. The minimum absolute atomic E-state index is 0.112. The van der Waals surface area contributed by atoms with Gasteiger partial charge in [0.05, 0.1) is 6.61 Å². The average molecular weight is 276 g/mol. The van der Waals surface area contributed by atoms with E-state index in [1.165, 1.54) is 23.1 Å². The molecule has 0 saturated heterocycles. The summed E-state index contributed by atoms with van der Waals surface area (Å²) in [5.74, 6) is 0. The molecule has 0 fully saturated rings. The molecule has 0 rings (SSSR count). The fourth-order valence-corrected chi connectivity index (χ4v) is 1.94. The molecule has 1 heteroatoms. The summed E-state index contributed by atoms with van der Waals surface area (Å²) in [6.07, 6.45) is 13.4. The van der Waals surface area contributed by atoms with Gasteiger partial charge < -0.3 is 5.11 Å². The van der Waals surface area contributed by atoms with Gasteiger partial charge in [0.15, 0.2) is 0 Å². The highest BCUT2D eigenvalue weighted by molar-refractivity contribution is 5.06. The van der Waals surface area contributed by atoms with Crippen LogP contribution in [0.15, 0.2) is 47.1 Å². The van der Waals surface area contributed by atoms with E-state index < -0.39 is 0 Å². The summed E-state index contributed by atoms with van der Waals surface area (Å²) < 4.78 is 0. The molecule has 0 spiro atoms. The van der Waals surface area contributed by atoms with Crippen LogP contribution in [-0.2, 0) is 0 Å². The van der Waals surface area contributed by atoms with E-state index in [1.54, 1.807) is 0 Å². The van der Waals surface area contributed by atoms with Crippen molar-refractivity contribution in [2.45, 2.75) is 66.2 Å². The zero-order chi connectivity index (χ0) is 15.4. The lowest BCUT2D eigenvalue weighted by Gasteiger charge is -2.02. The maximum Gasteiger partial charge on any atom is 0.0639 e. The van der Waals surface area contributed by atoms with Crippen molar-refractivity contribution in [3.05, 3.63) is 47.1 Å². The number of rotatable bonds is 10. The van der Waals surface area contributed by atoms with Crippen molar-refractivity contribution in [2.24, 2.45) is 0 Å². The van der Waals surface area contributed by atoms with E-state index in [9.17, 15) is 0 Å². The molecule has 1 nitrogen and oxygen atoms in total. The second-order valence-corrected chi connectivity index (χ2v) is 5.91. The Labute approximate surface area is 125 Å². The average Bonchev–Trinajstić information content (AvgIpc) is 2.38. The lowest BCUT2D eigenvalue weighted by atomic mass is 10.0. The number of allylic oxidation sites excluding steroid dienone is 6. The standard InChI is InChI=1S/C19H32O/c1-16(2)9-6-10-17(3)11-7-12-18(4)13-8-14-19(5)15-20/h9,11,13,20H,5-8,10,12,14-15H2,1-4H3. The molecule has 0 unspecified atom stereocenters. The van der Waals surface area contributed by atoms with Gasteiger partial charge in [-0.05, 0) is 66.2 Å². The molecule has 0 heterocycles. The van der Waals surface area contributed by atoms with E-state index in [0.29, 0.717) is 0 Å². The summed E-state index contributed by atoms with van der Waals surface area (Å²) in [6, 6.07) is 0. The number of aliphatic hydroxyl groups excluding tert-OH is 1. The third-order valence-electron chi connectivity index (χ3n) is 3.34. The van der Waals surface area contributed by atoms with Gasteiger partial charge in [-0.3, -0.25) is 0 Å². The van der Waals surface area contributed by atoms with E-state index in [-0.39, 0.29) is 6.61 Å². The molecule has 0 aliphatic rings. The van der Waals surface area contributed by atoms with Crippen molar-refractivity contribution >= 4 is 0 Å². The zero-order valence-corrected chi connectivity index (χ0v) is 13.8. The molecule has 0 saturated carbocycles. The Morgan fingerprint density at radius 1 is 0.800 bits per heavy atom. The summed E-state index contributed by atoms with van der Waals surface area (Å²) in [6.45, 7) is 12.6. The van der Waals surface area contributed by atoms with Crippen molar-refractivity contribution in [1.82, 2.24) is 0 Å². The summed E-state index contributed by atoms with van der Waals surface area (Å²) in [5.41, 5.74) is 5.25. The topological polar surface area (TPSA) is 20.2 Å². The Morgan fingerprint density at radius 3 is 1.70 bits per heavy atom. The van der Waals surface area contributed by atoms with Crippen LogP contribution in [-0.4, -0.2) is 11.7 Å². The first-order valence-electron chi connectivity index (χ1n) is 7.67. The first-order valence-corrected chi connectivity index (χ1v) is 7.67. The van der Waals surface area contributed by atoms with Crippen LogP contribution in [0, 0.1) is 0 Å². The molecule has 0 aromatic heterocycles. The molecular formula is C19H32O. The zero-order valence-electron chi connectivity index (χ0n) is 13.8. The highest BCUT2D eigenvalue weighted by Crippen LogP contribution is 2.13. The molecule has 1 N–H and O–H groups in total. The minimum Gasteiger partial charge on any atom is -0.392 e. The highest BCUT2D eigenvalue weighted by atomic mass is 16.3. The molecule has 0 aromatic rings. The van der Waals surface area contributed by atoms with Crippen molar-refractivity contribution in [3.8, 4) is 0 Å². The molecule has 0 bridgehead atoms. The minimum atomic E-state index is 0.112. The Morgan fingerprint density at radius 2 is 1.25 bits per heavy atom. The van der Waals surface area contributed by atoms with Gasteiger partial charge in [-0.2, -0.15) is 0 Å². The second kappa shape index (κ2) is 11.7. The van der Waals surface area contributed by atoms with Crippen molar-refractivity contribution in [2.75, 3.05) is 6.61 Å². The van der Waals surface area contributed by atoms with Gasteiger partial charge in [0.2, 0.25) is 0 Å². The SMILES string of the molecule is C=C(CO)CCC=C(C)CCC=C(C)CCC=C(C)C. The van der Waals surface area contributed by atoms with Gasteiger partial charge in [0.1, 0.15) is 0 Å². The lowest BCUT2D eigenvalue weighted by molar-refractivity contribution is 0.327. The van der Waals surface area contributed by atoms with E-state index in [0.717, 1.165) is 37.7 Å². The van der Waals surface area contributed by atoms with Crippen molar-refractivity contribution < 1.29 is 5.11 Å². The van der Waals surface area contributed by atoms with E-state index >= 15 is 0 Å². The van der Waals surface area contributed by atoms with Crippen molar-refractivity contribution in [1.29, 1.82) is 0 Å². The number of hydrogen-bond donors (Lipinski definition) is 1. The monoisotopic (exact) mass is 276 g/mol. The third kappa shape index (κ3) is 12.0. The fraction of sp³-hybridized carbons (Fsp3) is 0.579. The van der Waals surface area contributed by atoms with Gasteiger partial charge >= 0.3 is 0 Å². The first-order chi connectivity index (χ1) is 9.45. The van der Waals surface area contributed by atoms with Crippen LogP contribution in [0.25, 0.3) is 0 Å². The van der Waals surface area contributed by atoms with Crippen LogP contribution in [0.2, 0.25) is 0 Å². The summed E-state index contributed by atoms with van der Waals surface area (Å²) in [4.78, 5) is 0. The summed E-state index contributed by atoms with van der Waals surface area (Å²) in [7, 11) is 0. The Balaban J connectivity index is 3.88. The molecule has 0 radical (unpaired) electrons. The van der Waals surface area contributed by atoms with E-state index in [4.69, 9.17) is 5.11 Å². The lowest BCUT2D eigenvalue weighted by Crippen LogP contribution is -1.87. The molecule has 0 amide bonds. The Hall–Kier alpha value is -1.08. The van der Waals surface area contributed by atoms with Crippen molar-refractivity contribution in [3.63, 3.8) is 0 Å². The molecule has 0 atom stereocenters. The van der Waals surface area contributed by atoms with E-state index in [1.807, 2.05) is 0 Å². The van der Waals surface area contributed by atoms with Gasteiger partial charge in [-0.1, -0.05) is 47.1 Å². The number of aliphatic hydroxyl groups is 1. The predicted octanol–water partition coefficient (Wildman–Crippen LogP) is 5.73. The summed E-state index contributed by atoms with van der Waals surface area (Å²) >= 11 is 0. The van der Waals surface area contributed by atoms with E-state index in [2.05, 4.69) is 52.5 Å². The van der Waals surface area contributed by atoms with Gasteiger partial charge in [0, 0.05) is 0 Å². The molecule has 0 aliphatic carbocycles. The van der Waals surface area contributed by atoms with Crippen LogP contribution in [0.3, 0.4) is 0 Å². The van der Waals surface area contributed by atoms with Gasteiger partial charge in [0.25, 0.3) is 0 Å². The Kier molecular flexibility index (Phi) is 11.1. The smallest absolute Gasteiger partial charge is 0.0639 e. The maximum absolute atomic E-state index is 8.88. The fourth-order valence-electron chi connectivity index (χ4n) is 1.94. The highest BCUT2D eigenvalue weighted by Gasteiger charge is 1.93. The number of hydrogen-bond acceptors (Lipinski definition) is 1. The molecule has 114 valence electrons. The van der Waals surface area contributed by atoms with Gasteiger partial charge in [-0.25, -0.2) is 0 Å². The predicted molar refractivity (Wildman–Crippen MR) is 90.9 cm³/mol. The quantitative estimate of drug-likeness (QED) is 0.505. The maximum atomic E-state index is 8.88. The molecular weight excluding hydrogens is 244 g/mol. The summed E-state index contributed by atoms with van der Waals surface area (Å²) in [5, 5.41) is 8.88. The third-order valence-corrected chi connectivity index (χ3v) is 3.34. The largest absolute Gasteiger partial charge is 0.392 e. The van der Waals surface area contributed by atoms with Crippen LogP contribution >= 0.6 is 0 Å². The van der Waals surface area contributed by atoms with Crippen LogP contribution in [0.1, 0.15) is 66.2 Å². The Bertz CT molecular complexity index is 365. The molecule has 0 aromatic carbocycles. The normalized spacial score (nSPS) is 12.4. The van der Waals surface area contributed by atoms with Crippen LogP contribution in [0.4, 0.5) is 0 Å². The second-order valence-electron chi connectivity index (χ2n) is 5.91. The molecule has 0 aliphatic heterocycles. The van der Waals surface area contributed by atoms with Gasteiger partial charge in [-0.15, -0.1) is 0 Å².